The van der Waals surface area contributed by atoms with Crippen LogP contribution in [0.3, 0.4) is 0 Å². The molecule has 2 atom stereocenters. The Kier molecular flexibility index (Phi) is 5.42. The molecule has 0 saturated carbocycles. The van der Waals surface area contributed by atoms with Crippen LogP contribution in [0, 0.1) is 12.8 Å². The SMILES string of the molecule is CO[C@@H]1CCN(Cc2ccccn2)C[C@@H]1Cc1cccc(C)c1. The zero-order valence-corrected chi connectivity index (χ0v) is 14.1. The van der Waals surface area contributed by atoms with Crippen molar-refractivity contribution in [2.45, 2.75) is 32.4 Å². The van der Waals surface area contributed by atoms with Gasteiger partial charge in [0.15, 0.2) is 0 Å². The molecule has 0 N–H and O–H groups in total. The molecule has 0 amide bonds. The minimum Gasteiger partial charge on any atom is -0.381 e. The maximum absolute atomic E-state index is 5.76. The number of nitrogens with zero attached hydrogens (tertiary/aromatic N) is 2. The number of aromatic nitrogens is 1. The Morgan fingerprint density at radius 3 is 2.87 bits per heavy atom. The highest BCUT2D eigenvalue weighted by Gasteiger charge is 2.29. The van der Waals surface area contributed by atoms with Gasteiger partial charge in [0.05, 0.1) is 11.8 Å². The van der Waals surface area contributed by atoms with Crippen molar-refractivity contribution in [1.29, 1.82) is 0 Å². The maximum Gasteiger partial charge on any atom is 0.0627 e. The van der Waals surface area contributed by atoms with Gasteiger partial charge in [-0.3, -0.25) is 9.88 Å². The number of pyridine rings is 1. The molecule has 1 aliphatic rings. The Morgan fingerprint density at radius 1 is 1.22 bits per heavy atom. The van der Waals surface area contributed by atoms with Gasteiger partial charge in [-0.05, 0) is 37.5 Å². The summed E-state index contributed by atoms with van der Waals surface area (Å²) in [7, 11) is 1.85. The summed E-state index contributed by atoms with van der Waals surface area (Å²) in [6, 6.07) is 15.0. The van der Waals surface area contributed by atoms with E-state index in [1.165, 1.54) is 11.1 Å². The van der Waals surface area contributed by atoms with Crippen LogP contribution in [0.25, 0.3) is 0 Å². The molecule has 0 bridgehead atoms. The molecule has 3 nitrogen and oxygen atoms in total. The first-order chi connectivity index (χ1) is 11.2. The first-order valence-electron chi connectivity index (χ1n) is 8.45. The van der Waals surface area contributed by atoms with Gasteiger partial charge in [-0.15, -0.1) is 0 Å². The minimum atomic E-state index is 0.357. The van der Waals surface area contributed by atoms with E-state index >= 15 is 0 Å². The van der Waals surface area contributed by atoms with E-state index in [1.807, 2.05) is 19.4 Å². The van der Waals surface area contributed by atoms with Gasteiger partial charge in [0.2, 0.25) is 0 Å². The van der Waals surface area contributed by atoms with Crippen molar-refractivity contribution in [2.75, 3.05) is 20.2 Å². The van der Waals surface area contributed by atoms with Gasteiger partial charge in [-0.2, -0.15) is 0 Å². The number of likely N-dealkylation sites (tertiary alicyclic amines) is 1. The van der Waals surface area contributed by atoms with Crippen molar-refractivity contribution in [2.24, 2.45) is 5.92 Å². The molecule has 3 rings (SSSR count). The summed E-state index contributed by atoms with van der Waals surface area (Å²) in [6.07, 6.45) is 4.41. The summed E-state index contributed by atoms with van der Waals surface area (Å²) in [5.41, 5.74) is 3.90. The molecule has 3 heteroatoms. The van der Waals surface area contributed by atoms with Crippen LogP contribution in [0.4, 0.5) is 0 Å². The average molecular weight is 310 g/mol. The minimum absolute atomic E-state index is 0.357. The van der Waals surface area contributed by atoms with Crippen molar-refractivity contribution in [1.82, 2.24) is 9.88 Å². The molecule has 2 heterocycles. The molecular formula is C20H26N2O. The number of aryl methyl sites for hydroxylation is 1. The van der Waals surface area contributed by atoms with Gasteiger partial charge < -0.3 is 4.74 Å². The van der Waals surface area contributed by atoms with Crippen molar-refractivity contribution in [3.63, 3.8) is 0 Å². The van der Waals surface area contributed by atoms with Crippen LogP contribution in [0.1, 0.15) is 23.2 Å². The number of ether oxygens (including phenoxy) is 1. The molecule has 1 aromatic heterocycles. The van der Waals surface area contributed by atoms with Gasteiger partial charge in [-0.1, -0.05) is 35.9 Å². The van der Waals surface area contributed by atoms with Crippen LogP contribution in [-0.2, 0) is 17.7 Å². The lowest BCUT2D eigenvalue weighted by atomic mass is 9.88. The lowest BCUT2D eigenvalue weighted by Crippen LogP contribution is -2.44. The van der Waals surface area contributed by atoms with Crippen LogP contribution in [-0.4, -0.2) is 36.2 Å². The van der Waals surface area contributed by atoms with Crippen LogP contribution in [0.2, 0.25) is 0 Å². The predicted octanol–water partition coefficient (Wildman–Crippen LogP) is 3.47. The second-order valence-corrected chi connectivity index (χ2v) is 6.57. The van der Waals surface area contributed by atoms with Crippen LogP contribution in [0.15, 0.2) is 48.7 Å². The number of hydrogen-bond acceptors (Lipinski definition) is 3. The van der Waals surface area contributed by atoms with Crippen LogP contribution >= 0.6 is 0 Å². The van der Waals surface area contributed by atoms with E-state index in [4.69, 9.17) is 4.74 Å². The molecule has 0 unspecified atom stereocenters. The summed E-state index contributed by atoms with van der Waals surface area (Å²) in [4.78, 5) is 6.97. The van der Waals surface area contributed by atoms with Gasteiger partial charge in [-0.25, -0.2) is 0 Å². The zero-order chi connectivity index (χ0) is 16.1. The number of rotatable bonds is 5. The fourth-order valence-electron chi connectivity index (χ4n) is 3.60. The molecule has 1 aromatic carbocycles. The lowest BCUT2D eigenvalue weighted by Gasteiger charge is -2.38. The van der Waals surface area contributed by atoms with Crippen molar-refractivity contribution in [3.8, 4) is 0 Å². The number of hydrogen-bond donors (Lipinski definition) is 0. The molecule has 2 aromatic rings. The summed E-state index contributed by atoms with van der Waals surface area (Å²) in [5.74, 6) is 0.541. The van der Waals surface area contributed by atoms with E-state index in [1.54, 1.807) is 0 Å². The first-order valence-corrected chi connectivity index (χ1v) is 8.45. The lowest BCUT2D eigenvalue weighted by molar-refractivity contribution is -0.00878. The molecule has 0 radical (unpaired) electrons. The summed E-state index contributed by atoms with van der Waals surface area (Å²) in [5, 5.41) is 0. The number of piperidine rings is 1. The van der Waals surface area contributed by atoms with Gasteiger partial charge in [0.25, 0.3) is 0 Å². The third-order valence-corrected chi connectivity index (χ3v) is 4.74. The van der Waals surface area contributed by atoms with E-state index < -0.39 is 0 Å². The largest absolute Gasteiger partial charge is 0.381 e. The monoisotopic (exact) mass is 310 g/mol. The molecule has 1 saturated heterocycles. The molecule has 0 spiro atoms. The molecule has 1 aliphatic heterocycles. The fourth-order valence-corrected chi connectivity index (χ4v) is 3.60. The Hall–Kier alpha value is -1.71. The van der Waals surface area contributed by atoms with Crippen LogP contribution in [0.5, 0.6) is 0 Å². The summed E-state index contributed by atoms with van der Waals surface area (Å²) < 4.78 is 5.76. The third-order valence-electron chi connectivity index (χ3n) is 4.74. The second kappa shape index (κ2) is 7.71. The van der Waals surface area contributed by atoms with E-state index in [0.29, 0.717) is 12.0 Å². The number of benzene rings is 1. The standard InChI is InChI=1S/C20H26N2O/c1-16-6-5-7-17(12-16)13-18-14-22(11-9-20(18)23-2)15-19-8-3-4-10-21-19/h3-8,10,12,18,20H,9,11,13-15H2,1-2H3/t18-,20+/m0/s1. The van der Waals surface area contributed by atoms with E-state index in [0.717, 1.165) is 38.2 Å². The highest BCUT2D eigenvalue weighted by Crippen LogP contribution is 2.25. The topological polar surface area (TPSA) is 25.4 Å². The van der Waals surface area contributed by atoms with Gasteiger partial charge in [0.1, 0.15) is 0 Å². The Morgan fingerprint density at radius 2 is 2.13 bits per heavy atom. The van der Waals surface area contributed by atoms with Crippen LogP contribution < -0.4 is 0 Å². The first kappa shape index (κ1) is 16.2. The second-order valence-electron chi connectivity index (χ2n) is 6.57. The Balaban J connectivity index is 1.66. The Bertz CT molecular complexity index is 614. The fraction of sp³-hybridized carbons (Fsp3) is 0.450. The van der Waals surface area contributed by atoms with E-state index in [9.17, 15) is 0 Å². The quantitative estimate of drug-likeness (QED) is 0.845. The summed E-state index contributed by atoms with van der Waals surface area (Å²) in [6.45, 7) is 5.25. The molecule has 122 valence electrons. The van der Waals surface area contributed by atoms with Crippen molar-refractivity contribution in [3.05, 3.63) is 65.5 Å². The van der Waals surface area contributed by atoms with Gasteiger partial charge >= 0.3 is 0 Å². The van der Waals surface area contributed by atoms with Crippen molar-refractivity contribution >= 4 is 0 Å². The smallest absolute Gasteiger partial charge is 0.0627 e. The number of methoxy groups -OCH3 is 1. The highest BCUT2D eigenvalue weighted by atomic mass is 16.5. The third kappa shape index (κ3) is 4.40. The normalized spacial score (nSPS) is 22.2. The highest BCUT2D eigenvalue weighted by molar-refractivity contribution is 5.23. The Labute approximate surface area is 139 Å². The molecule has 1 fully saturated rings. The van der Waals surface area contributed by atoms with E-state index in [2.05, 4.69) is 53.2 Å². The van der Waals surface area contributed by atoms with Crippen molar-refractivity contribution < 1.29 is 4.74 Å². The molecule has 23 heavy (non-hydrogen) atoms. The maximum atomic E-state index is 5.76. The zero-order valence-electron chi connectivity index (χ0n) is 14.1. The average Bonchev–Trinajstić information content (AvgIpc) is 2.56. The van der Waals surface area contributed by atoms with Gasteiger partial charge in [0, 0.05) is 38.9 Å². The predicted molar refractivity (Wildman–Crippen MR) is 93.3 cm³/mol. The summed E-state index contributed by atoms with van der Waals surface area (Å²) >= 11 is 0. The molecule has 0 aliphatic carbocycles. The molecular weight excluding hydrogens is 284 g/mol. The van der Waals surface area contributed by atoms with E-state index in [-0.39, 0.29) is 0 Å².